The molecule has 8 heteroatoms. The van der Waals surface area contributed by atoms with Gasteiger partial charge in [-0.05, 0) is 58.9 Å². The minimum Gasteiger partial charge on any atom is -0.472 e. The third-order valence-corrected chi connectivity index (χ3v) is 6.98. The third-order valence-electron chi connectivity index (χ3n) is 6.98. The summed E-state index contributed by atoms with van der Waals surface area (Å²) in [7, 11) is 4.67. The van der Waals surface area contributed by atoms with Crippen LogP contribution in [0, 0.1) is 11.7 Å². The Morgan fingerprint density at radius 1 is 1.16 bits per heavy atom. The zero-order chi connectivity index (χ0) is 25.9. The van der Waals surface area contributed by atoms with Crippen LogP contribution in [0.1, 0.15) is 30.1 Å². The van der Waals surface area contributed by atoms with Gasteiger partial charge in [-0.15, -0.1) is 0 Å². The Kier molecular flexibility index (Phi) is 7.41. The first-order valence-corrected chi connectivity index (χ1v) is 12.1. The first-order valence-electron chi connectivity index (χ1n) is 12.1. The molecular formula is C29H29FO7. The van der Waals surface area contributed by atoms with Gasteiger partial charge in [0.05, 0.1) is 31.3 Å². The second-order valence-electron chi connectivity index (χ2n) is 9.22. The quantitative estimate of drug-likeness (QED) is 0.335. The number of carbonyl (C=O) groups is 1. The molecule has 2 heterocycles. The van der Waals surface area contributed by atoms with E-state index in [9.17, 15) is 9.18 Å². The van der Waals surface area contributed by atoms with Crippen molar-refractivity contribution in [3.05, 3.63) is 94.4 Å². The number of furan rings is 1. The molecule has 2 aliphatic carbocycles. The average molecular weight is 509 g/mol. The highest BCUT2D eigenvalue weighted by atomic mass is 19.1. The Bertz CT molecular complexity index is 1290. The maximum atomic E-state index is 14.5. The zero-order valence-corrected chi connectivity index (χ0v) is 21.0. The summed E-state index contributed by atoms with van der Waals surface area (Å²) in [5, 5.41) is 0. The number of methoxy groups -OCH3 is 3. The molecule has 2 aromatic rings. The molecule has 0 saturated carbocycles. The van der Waals surface area contributed by atoms with Crippen LogP contribution in [-0.4, -0.2) is 46.6 Å². The van der Waals surface area contributed by atoms with Gasteiger partial charge in [0.25, 0.3) is 0 Å². The highest BCUT2D eigenvalue weighted by Gasteiger charge is 2.40. The van der Waals surface area contributed by atoms with Crippen LogP contribution in [0.15, 0.2) is 81.9 Å². The summed E-state index contributed by atoms with van der Waals surface area (Å²) in [4.78, 5) is 12.4. The average Bonchev–Trinajstić information content (AvgIpc) is 3.56. The Hall–Kier alpha value is -3.46. The normalized spacial score (nSPS) is 21.7. The standard InChI is InChI=1S/C29H29FO7/c1-32-16-26(33-2)28(34-3)20-9-21(30)12-22(10-20)36-13-17-4-5-23-19(8-17)11-24-25(15-37-29(24)31)27(23)18-6-7-35-14-18/h4-7,9-10,12-14,24,26,28H,8,11,15-16H2,1-3H3/t24?,26-,28+/m1/s1. The number of esters is 1. The first-order chi connectivity index (χ1) is 18.0. The van der Waals surface area contributed by atoms with E-state index in [0.717, 1.165) is 33.4 Å². The largest absolute Gasteiger partial charge is 0.472 e. The molecule has 3 atom stereocenters. The monoisotopic (exact) mass is 508 g/mol. The lowest BCUT2D eigenvalue weighted by molar-refractivity contribution is -0.141. The van der Waals surface area contributed by atoms with E-state index in [4.69, 9.17) is 28.1 Å². The second-order valence-corrected chi connectivity index (χ2v) is 9.22. The van der Waals surface area contributed by atoms with Gasteiger partial charge in [0.2, 0.25) is 0 Å². The molecule has 1 fully saturated rings. The first kappa shape index (κ1) is 25.2. The number of hydrogen-bond donors (Lipinski definition) is 0. The molecule has 194 valence electrons. The molecule has 37 heavy (non-hydrogen) atoms. The zero-order valence-electron chi connectivity index (χ0n) is 21.0. The molecule has 1 aromatic heterocycles. The van der Waals surface area contributed by atoms with Gasteiger partial charge >= 0.3 is 5.97 Å². The predicted octanol–water partition coefficient (Wildman–Crippen LogP) is 5.32. The highest BCUT2D eigenvalue weighted by molar-refractivity contribution is 5.93. The number of cyclic esters (lactones) is 1. The van der Waals surface area contributed by atoms with Crippen LogP contribution in [0.5, 0.6) is 5.75 Å². The van der Waals surface area contributed by atoms with E-state index in [1.807, 2.05) is 18.2 Å². The fourth-order valence-corrected chi connectivity index (χ4v) is 5.25. The molecule has 0 N–H and O–H groups in total. The van der Waals surface area contributed by atoms with Crippen molar-refractivity contribution in [1.29, 1.82) is 0 Å². The maximum Gasteiger partial charge on any atom is 0.313 e. The number of allylic oxidation sites excluding steroid dienone is 6. The minimum atomic E-state index is -0.534. The van der Waals surface area contributed by atoms with Crippen LogP contribution in [-0.2, 0) is 23.7 Å². The maximum absolute atomic E-state index is 14.5. The van der Waals surface area contributed by atoms with E-state index in [1.165, 1.54) is 12.1 Å². The van der Waals surface area contributed by atoms with Gasteiger partial charge in [-0.1, -0.05) is 17.7 Å². The smallest absolute Gasteiger partial charge is 0.313 e. The molecule has 5 rings (SSSR count). The summed E-state index contributed by atoms with van der Waals surface area (Å²) < 4.78 is 47.4. The van der Waals surface area contributed by atoms with Crippen molar-refractivity contribution in [2.45, 2.75) is 25.0 Å². The van der Waals surface area contributed by atoms with Gasteiger partial charge in [0.15, 0.2) is 0 Å². The lowest BCUT2D eigenvalue weighted by Crippen LogP contribution is -2.27. The van der Waals surface area contributed by atoms with Crippen LogP contribution in [0.2, 0.25) is 0 Å². The molecule has 1 saturated heterocycles. The number of halogens is 1. The topological polar surface area (TPSA) is 76.4 Å². The Morgan fingerprint density at radius 3 is 2.76 bits per heavy atom. The van der Waals surface area contributed by atoms with Crippen molar-refractivity contribution in [2.24, 2.45) is 5.92 Å². The second kappa shape index (κ2) is 10.9. The number of ether oxygens (including phenoxy) is 5. The van der Waals surface area contributed by atoms with Crippen molar-refractivity contribution in [1.82, 2.24) is 0 Å². The highest BCUT2D eigenvalue weighted by Crippen LogP contribution is 2.47. The fraction of sp³-hybridized carbons (Fsp3) is 0.345. The Labute approximate surface area is 214 Å². The van der Waals surface area contributed by atoms with Crippen LogP contribution in [0.25, 0.3) is 5.57 Å². The van der Waals surface area contributed by atoms with Crippen molar-refractivity contribution >= 4 is 11.5 Å². The summed E-state index contributed by atoms with van der Waals surface area (Å²) in [6.07, 6.45) is 9.21. The minimum absolute atomic E-state index is 0.193. The SMILES string of the molecule is COC[C@@H](OC)[C@@H](OC)c1cc(F)cc(OC=C2C=CC3=C(C2)CC2C(=O)OCC2=C3c2ccoc2)c1. The number of hydrogen-bond acceptors (Lipinski definition) is 7. The van der Waals surface area contributed by atoms with Crippen LogP contribution in [0.4, 0.5) is 4.39 Å². The van der Waals surface area contributed by atoms with Crippen molar-refractivity contribution in [2.75, 3.05) is 34.5 Å². The fourth-order valence-electron chi connectivity index (χ4n) is 5.25. The van der Waals surface area contributed by atoms with Gasteiger partial charge in [-0.25, -0.2) is 4.39 Å². The number of fused-ring (bicyclic) bond motifs is 1. The van der Waals surface area contributed by atoms with Gasteiger partial charge < -0.3 is 28.1 Å². The van der Waals surface area contributed by atoms with Crippen LogP contribution < -0.4 is 4.74 Å². The molecule has 1 aromatic carbocycles. The lowest BCUT2D eigenvalue weighted by atomic mass is 9.74. The summed E-state index contributed by atoms with van der Waals surface area (Å²) in [6, 6.07) is 6.35. The van der Waals surface area contributed by atoms with Crippen molar-refractivity contribution in [3.8, 4) is 5.75 Å². The van der Waals surface area contributed by atoms with Crippen molar-refractivity contribution in [3.63, 3.8) is 0 Å². The number of rotatable bonds is 9. The van der Waals surface area contributed by atoms with E-state index in [1.54, 1.807) is 46.2 Å². The van der Waals surface area contributed by atoms with E-state index >= 15 is 0 Å². The van der Waals surface area contributed by atoms with Crippen LogP contribution >= 0.6 is 0 Å². The summed E-state index contributed by atoms with van der Waals surface area (Å²) in [5.74, 6) is -0.579. The molecular weight excluding hydrogens is 479 g/mol. The molecule has 3 aliphatic rings. The molecule has 1 aliphatic heterocycles. The van der Waals surface area contributed by atoms with E-state index in [2.05, 4.69) is 0 Å². The van der Waals surface area contributed by atoms with E-state index in [0.29, 0.717) is 37.4 Å². The van der Waals surface area contributed by atoms with E-state index < -0.39 is 18.0 Å². The molecule has 0 amide bonds. The van der Waals surface area contributed by atoms with Gasteiger partial charge in [-0.2, -0.15) is 0 Å². The molecule has 0 spiro atoms. The van der Waals surface area contributed by atoms with Gasteiger partial charge in [-0.3, -0.25) is 4.79 Å². The number of carbonyl (C=O) groups excluding carboxylic acids is 1. The van der Waals surface area contributed by atoms with Crippen molar-refractivity contribution < 1.29 is 37.3 Å². The lowest BCUT2D eigenvalue weighted by Gasteiger charge is -2.28. The van der Waals surface area contributed by atoms with Gasteiger partial charge in [0.1, 0.15) is 30.4 Å². The Morgan fingerprint density at radius 2 is 2.03 bits per heavy atom. The van der Waals surface area contributed by atoms with Gasteiger partial charge in [0, 0.05) is 33.0 Å². The molecule has 0 bridgehead atoms. The van der Waals surface area contributed by atoms with E-state index in [-0.39, 0.29) is 11.9 Å². The molecule has 7 nitrogen and oxygen atoms in total. The predicted molar refractivity (Wildman–Crippen MR) is 133 cm³/mol. The summed E-state index contributed by atoms with van der Waals surface area (Å²) in [5.41, 5.74) is 6.64. The number of benzene rings is 1. The van der Waals surface area contributed by atoms with Crippen LogP contribution in [0.3, 0.4) is 0 Å². The molecule has 1 unspecified atom stereocenters. The molecule has 0 radical (unpaired) electrons. The summed E-state index contributed by atoms with van der Waals surface area (Å²) >= 11 is 0. The Balaban J connectivity index is 1.38. The summed E-state index contributed by atoms with van der Waals surface area (Å²) in [6.45, 7) is 0.596. The third kappa shape index (κ3) is 5.05.